The van der Waals surface area contributed by atoms with Crippen molar-refractivity contribution in [3.63, 3.8) is 0 Å². The SMILES string of the molecule is CCCCOc1ccc(/C=N/NC(=O)CSc2nc(-c3ccc(Cl)cc3)cs2)cc1. The zero-order valence-electron chi connectivity index (χ0n) is 16.5. The van der Waals surface area contributed by atoms with Crippen molar-refractivity contribution in [3.05, 3.63) is 64.5 Å². The summed E-state index contributed by atoms with van der Waals surface area (Å²) in [5, 5.41) is 6.67. The van der Waals surface area contributed by atoms with E-state index in [-0.39, 0.29) is 11.7 Å². The molecule has 1 aromatic heterocycles. The Kier molecular flexibility index (Phi) is 8.74. The number of halogens is 1. The molecule has 5 nitrogen and oxygen atoms in total. The second-order valence-electron chi connectivity index (χ2n) is 6.36. The standard InChI is InChI=1S/C22H22ClN3O2S2/c1-2-3-12-28-19-10-4-16(5-11-19)13-24-26-21(27)15-30-22-25-20(14-29-22)17-6-8-18(23)9-7-17/h4-11,13-14H,2-3,12,15H2,1H3,(H,26,27)/b24-13+. The molecule has 0 saturated carbocycles. The number of aromatic nitrogens is 1. The molecule has 0 bridgehead atoms. The maximum atomic E-state index is 12.0. The Morgan fingerprint density at radius 1 is 1.23 bits per heavy atom. The summed E-state index contributed by atoms with van der Waals surface area (Å²) < 4.78 is 6.46. The third-order valence-corrected chi connectivity index (χ3v) is 6.27. The van der Waals surface area contributed by atoms with E-state index in [1.807, 2.05) is 53.9 Å². The highest BCUT2D eigenvalue weighted by atomic mass is 35.5. The van der Waals surface area contributed by atoms with Crippen LogP contribution in [0.1, 0.15) is 25.3 Å². The van der Waals surface area contributed by atoms with Crippen LogP contribution in [0.2, 0.25) is 5.02 Å². The van der Waals surface area contributed by atoms with Gasteiger partial charge in [-0.2, -0.15) is 5.10 Å². The van der Waals surface area contributed by atoms with Crippen molar-refractivity contribution < 1.29 is 9.53 Å². The van der Waals surface area contributed by atoms with Gasteiger partial charge in [-0.1, -0.05) is 48.8 Å². The van der Waals surface area contributed by atoms with Gasteiger partial charge in [0, 0.05) is 16.0 Å². The Morgan fingerprint density at radius 2 is 2.00 bits per heavy atom. The van der Waals surface area contributed by atoms with E-state index in [1.165, 1.54) is 23.1 Å². The van der Waals surface area contributed by atoms with Crippen LogP contribution in [0.3, 0.4) is 0 Å². The number of amides is 1. The van der Waals surface area contributed by atoms with E-state index < -0.39 is 0 Å². The van der Waals surface area contributed by atoms with Crippen molar-refractivity contribution in [2.75, 3.05) is 12.4 Å². The van der Waals surface area contributed by atoms with Gasteiger partial charge < -0.3 is 4.74 Å². The molecule has 8 heteroatoms. The summed E-state index contributed by atoms with van der Waals surface area (Å²) in [7, 11) is 0. The summed E-state index contributed by atoms with van der Waals surface area (Å²) in [6, 6.07) is 15.1. The third-order valence-electron chi connectivity index (χ3n) is 4.00. The Bertz CT molecular complexity index is 973. The van der Waals surface area contributed by atoms with E-state index in [9.17, 15) is 4.79 Å². The molecular formula is C22H22ClN3O2S2. The zero-order chi connectivity index (χ0) is 21.2. The monoisotopic (exact) mass is 459 g/mol. The van der Waals surface area contributed by atoms with Crippen molar-refractivity contribution in [1.82, 2.24) is 10.4 Å². The first-order chi connectivity index (χ1) is 14.6. The predicted molar refractivity (Wildman–Crippen MR) is 126 cm³/mol. The van der Waals surface area contributed by atoms with Crippen LogP contribution in [0.5, 0.6) is 5.75 Å². The highest BCUT2D eigenvalue weighted by Gasteiger charge is 2.08. The molecule has 0 aliphatic rings. The minimum Gasteiger partial charge on any atom is -0.494 e. The summed E-state index contributed by atoms with van der Waals surface area (Å²) in [5.74, 6) is 0.899. The lowest BCUT2D eigenvalue weighted by atomic mass is 10.2. The molecule has 0 spiro atoms. The first-order valence-electron chi connectivity index (χ1n) is 9.53. The molecule has 3 aromatic rings. The number of nitrogens with zero attached hydrogens (tertiary/aromatic N) is 2. The number of carbonyl (C=O) groups excluding carboxylic acids is 1. The fourth-order valence-corrected chi connectivity index (χ4v) is 4.15. The molecule has 3 rings (SSSR count). The Balaban J connectivity index is 1.42. The number of nitrogens with one attached hydrogen (secondary N) is 1. The van der Waals surface area contributed by atoms with Gasteiger partial charge in [0.1, 0.15) is 5.75 Å². The topological polar surface area (TPSA) is 63.6 Å². The largest absolute Gasteiger partial charge is 0.494 e. The van der Waals surface area contributed by atoms with Gasteiger partial charge in [-0.15, -0.1) is 11.3 Å². The molecule has 0 aliphatic carbocycles. The number of hydrogen-bond acceptors (Lipinski definition) is 6. The van der Waals surface area contributed by atoms with Gasteiger partial charge in [0.15, 0.2) is 4.34 Å². The van der Waals surface area contributed by atoms with E-state index in [2.05, 4.69) is 22.4 Å². The van der Waals surface area contributed by atoms with Crippen LogP contribution in [-0.4, -0.2) is 29.5 Å². The Hall–Kier alpha value is -2.35. The summed E-state index contributed by atoms with van der Waals surface area (Å²) in [6.07, 6.45) is 3.76. The van der Waals surface area contributed by atoms with Crippen molar-refractivity contribution >= 4 is 46.8 Å². The van der Waals surface area contributed by atoms with Gasteiger partial charge in [-0.05, 0) is 48.4 Å². The molecule has 1 heterocycles. The van der Waals surface area contributed by atoms with Crippen LogP contribution < -0.4 is 10.2 Å². The summed E-state index contributed by atoms with van der Waals surface area (Å²) in [6.45, 7) is 2.85. The molecule has 156 valence electrons. The van der Waals surface area contributed by atoms with Crippen LogP contribution in [0, 0.1) is 0 Å². The smallest absolute Gasteiger partial charge is 0.250 e. The van der Waals surface area contributed by atoms with Crippen molar-refractivity contribution in [1.29, 1.82) is 0 Å². The summed E-state index contributed by atoms with van der Waals surface area (Å²) >= 11 is 8.81. The number of thioether (sulfide) groups is 1. The molecule has 2 aromatic carbocycles. The number of carbonyl (C=O) groups is 1. The minimum absolute atomic E-state index is 0.181. The van der Waals surface area contributed by atoms with Crippen LogP contribution >= 0.6 is 34.7 Å². The van der Waals surface area contributed by atoms with Crippen molar-refractivity contribution in [2.24, 2.45) is 5.10 Å². The molecule has 0 fully saturated rings. The lowest BCUT2D eigenvalue weighted by Crippen LogP contribution is -2.19. The fourth-order valence-electron chi connectivity index (χ4n) is 2.40. The zero-order valence-corrected chi connectivity index (χ0v) is 18.9. The lowest BCUT2D eigenvalue weighted by molar-refractivity contribution is -0.118. The normalized spacial score (nSPS) is 11.0. The van der Waals surface area contributed by atoms with Crippen LogP contribution in [0.4, 0.5) is 0 Å². The Morgan fingerprint density at radius 3 is 2.73 bits per heavy atom. The molecule has 0 aliphatic heterocycles. The van der Waals surface area contributed by atoms with Gasteiger partial charge in [-0.3, -0.25) is 4.79 Å². The molecular weight excluding hydrogens is 438 g/mol. The lowest BCUT2D eigenvalue weighted by Gasteiger charge is -2.04. The van der Waals surface area contributed by atoms with E-state index in [1.54, 1.807) is 6.21 Å². The van der Waals surface area contributed by atoms with E-state index >= 15 is 0 Å². The molecule has 0 atom stereocenters. The maximum Gasteiger partial charge on any atom is 0.250 e. The molecule has 0 unspecified atom stereocenters. The average Bonchev–Trinajstić information content (AvgIpc) is 3.23. The average molecular weight is 460 g/mol. The van der Waals surface area contributed by atoms with Crippen molar-refractivity contribution in [2.45, 2.75) is 24.1 Å². The summed E-state index contributed by atoms with van der Waals surface area (Å²) in [4.78, 5) is 16.6. The van der Waals surface area contributed by atoms with Crippen molar-refractivity contribution in [3.8, 4) is 17.0 Å². The molecule has 0 radical (unpaired) electrons. The second-order valence-corrected chi connectivity index (χ2v) is 8.88. The third kappa shape index (κ3) is 7.16. The molecule has 1 amide bonds. The summed E-state index contributed by atoms with van der Waals surface area (Å²) in [5.41, 5.74) is 5.30. The van der Waals surface area contributed by atoms with Gasteiger partial charge in [0.2, 0.25) is 0 Å². The fraction of sp³-hybridized carbons (Fsp3) is 0.227. The number of rotatable bonds is 10. The predicted octanol–water partition coefficient (Wildman–Crippen LogP) is 5.88. The van der Waals surface area contributed by atoms with Gasteiger partial charge >= 0.3 is 0 Å². The van der Waals surface area contributed by atoms with Crippen LogP contribution in [0.15, 0.2) is 63.4 Å². The van der Waals surface area contributed by atoms with Gasteiger partial charge in [-0.25, -0.2) is 10.4 Å². The quantitative estimate of drug-likeness (QED) is 0.178. The van der Waals surface area contributed by atoms with Gasteiger partial charge in [0.25, 0.3) is 5.91 Å². The van der Waals surface area contributed by atoms with E-state index in [0.717, 1.165) is 46.4 Å². The highest BCUT2D eigenvalue weighted by Crippen LogP contribution is 2.28. The number of ether oxygens (including phenoxy) is 1. The van der Waals surface area contributed by atoms with Gasteiger partial charge in [0.05, 0.1) is 24.3 Å². The first kappa shape index (κ1) is 22.3. The molecule has 1 N–H and O–H groups in total. The second kappa shape index (κ2) is 11.7. The number of benzene rings is 2. The molecule has 0 saturated heterocycles. The number of unbranched alkanes of at least 4 members (excludes halogenated alkanes) is 1. The van der Waals surface area contributed by atoms with E-state index in [0.29, 0.717) is 5.02 Å². The van der Waals surface area contributed by atoms with E-state index in [4.69, 9.17) is 16.3 Å². The number of thiazole rings is 1. The maximum absolute atomic E-state index is 12.0. The first-order valence-corrected chi connectivity index (χ1v) is 11.8. The molecule has 30 heavy (non-hydrogen) atoms. The minimum atomic E-state index is -0.181. The van der Waals surface area contributed by atoms with Crippen LogP contribution in [-0.2, 0) is 4.79 Å². The highest BCUT2D eigenvalue weighted by molar-refractivity contribution is 8.01. The Labute approximate surface area is 189 Å². The van der Waals surface area contributed by atoms with Crippen LogP contribution in [0.25, 0.3) is 11.3 Å². The number of hydrogen-bond donors (Lipinski definition) is 1. The number of hydrazone groups is 1.